The maximum absolute atomic E-state index is 13.6. The van der Waals surface area contributed by atoms with E-state index >= 15 is 0 Å². The maximum atomic E-state index is 13.6. The normalized spacial score (nSPS) is 12.6. The van der Waals surface area contributed by atoms with Gasteiger partial charge in [0.2, 0.25) is 0 Å². The summed E-state index contributed by atoms with van der Waals surface area (Å²) in [7, 11) is 0. The number of nitrogens with zero attached hydrogens (tertiary/aromatic N) is 3. The molecular formula is C15H21FN4. The predicted molar refractivity (Wildman–Crippen MR) is 77.0 cm³/mol. The van der Waals surface area contributed by atoms with E-state index in [2.05, 4.69) is 22.6 Å². The Morgan fingerprint density at radius 1 is 1.35 bits per heavy atom. The van der Waals surface area contributed by atoms with Crippen LogP contribution in [0.5, 0.6) is 0 Å². The first kappa shape index (κ1) is 14.7. The van der Waals surface area contributed by atoms with E-state index in [-0.39, 0.29) is 11.9 Å². The predicted octanol–water partition coefficient (Wildman–Crippen LogP) is 2.83. The molecule has 0 amide bonds. The standard InChI is InChI=1S/C15H21FN4/c1-4-8-20-14(10-18-19-20)15(17-5-2)13-9-12(16)7-6-11(13)3/h6-7,9-10,15,17H,4-5,8H2,1-3H3. The van der Waals surface area contributed by atoms with E-state index in [0.717, 1.165) is 36.3 Å². The third-order valence-electron chi connectivity index (χ3n) is 3.34. The highest BCUT2D eigenvalue weighted by Crippen LogP contribution is 2.25. The number of halogens is 1. The fourth-order valence-corrected chi connectivity index (χ4v) is 2.38. The van der Waals surface area contributed by atoms with Crippen LogP contribution >= 0.6 is 0 Å². The van der Waals surface area contributed by atoms with Crippen molar-refractivity contribution < 1.29 is 4.39 Å². The van der Waals surface area contributed by atoms with E-state index in [1.54, 1.807) is 12.3 Å². The SMILES string of the molecule is CCCn1nncc1C(NCC)c1cc(F)ccc1C. The molecule has 1 atom stereocenters. The van der Waals surface area contributed by atoms with Gasteiger partial charge in [0, 0.05) is 6.54 Å². The smallest absolute Gasteiger partial charge is 0.123 e. The van der Waals surface area contributed by atoms with Crippen molar-refractivity contribution in [2.24, 2.45) is 0 Å². The summed E-state index contributed by atoms with van der Waals surface area (Å²) in [4.78, 5) is 0. The highest BCUT2D eigenvalue weighted by Gasteiger charge is 2.20. The van der Waals surface area contributed by atoms with Crippen LogP contribution in [0.1, 0.15) is 43.1 Å². The first-order valence-corrected chi connectivity index (χ1v) is 7.05. The van der Waals surface area contributed by atoms with Crippen molar-refractivity contribution in [2.75, 3.05) is 6.54 Å². The lowest BCUT2D eigenvalue weighted by molar-refractivity contribution is 0.508. The summed E-state index contributed by atoms with van der Waals surface area (Å²) in [6.45, 7) is 7.73. The Balaban J connectivity index is 2.44. The van der Waals surface area contributed by atoms with Gasteiger partial charge >= 0.3 is 0 Å². The Labute approximate surface area is 119 Å². The zero-order chi connectivity index (χ0) is 14.5. The molecule has 0 fully saturated rings. The molecule has 0 aliphatic rings. The minimum absolute atomic E-state index is 0.0859. The Hall–Kier alpha value is -1.75. The third-order valence-corrected chi connectivity index (χ3v) is 3.34. The lowest BCUT2D eigenvalue weighted by Gasteiger charge is -2.21. The highest BCUT2D eigenvalue weighted by atomic mass is 19.1. The number of aromatic nitrogens is 3. The molecule has 2 rings (SSSR count). The summed E-state index contributed by atoms with van der Waals surface area (Å²) in [5.74, 6) is -0.219. The lowest BCUT2D eigenvalue weighted by Crippen LogP contribution is -2.25. The van der Waals surface area contributed by atoms with Crippen molar-refractivity contribution in [3.05, 3.63) is 47.0 Å². The summed E-state index contributed by atoms with van der Waals surface area (Å²) in [6, 6.07) is 4.80. The van der Waals surface area contributed by atoms with Crippen molar-refractivity contribution in [3.63, 3.8) is 0 Å². The molecule has 1 aromatic heterocycles. The van der Waals surface area contributed by atoms with Crippen molar-refractivity contribution >= 4 is 0 Å². The van der Waals surface area contributed by atoms with Gasteiger partial charge in [0.05, 0.1) is 17.9 Å². The summed E-state index contributed by atoms with van der Waals surface area (Å²) < 4.78 is 15.5. The molecular weight excluding hydrogens is 255 g/mol. The number of hydrogen-bond acceptors (Lipinski definition) is 3. The van der Waals surface area contributed by atoms with Crippen LogP contribution in [0.15, 0.2) is 24.4 Å². The summed E-state index contributed by atoms with van der Waals surface area (Å²) >= 11 is 0. The zero-order valence-corrected chi connectivity index (χ0v) is 12.2. The van der Waals surface area contributed by atoms with E-state index in [4.69, 9.17) is 0 Å². The van der Waals surface area contributed by atoms with E-state index < -0.39 is 0 Å². The minimum Gasteiger partial charge on any atom is -0.305 e. The van der Waals surface area contributed by atoms with Crippen LogP contribution in [-0.4, -0.2) is 21.5 Å². The first-order valence-electron chi connectivity index (χ1n) is 7.05. The number of rotatable bonds is 6. The minimum atomic E-state index is -0.219. The number of hydrogen-bond donors (Lipinski definition) is 1. The molecule has 108 valence electrons. The fourth-order valence-electron chi connectivity index (χ4n) is 2.38. The molecule has 1 N–H and O–H groups in total. The molecule has 0 aliphatic carbocycles. The topological polar surface area (TPSA) is 42.7 Å². The molecule has 0 spiro atoms. The van der Waals surface area contributed by atoms with E-state index in [1.165, 1.54) is 6.07 Å². The zero-order valence-electron chi connectivity index (χ0n) is 12.2. The lowest BCUT2D eigenvalue weighted by atomic mass is 9.98. The third kappa shape index (κ3) is 3.04. The van der Waals surface area contributed by atoms with Gasteiger partial charge in [0.1, 0.15) is 5.82 Å². The van der Waals surface area contributed by atoms with Gasteiger partial charge in [0.15, 0.2) is 0 Å². The molecule has 5 heteroatoms. The van der Waals surface area contributed by atoms with Gasteiger partial charge in [-0.2, -0.15) is 0 Å². The molecule has 0 aliphatic heterocycles. The van der Waals surface area contributed by atoms with Gasteiger partial charge < -0.3 is 5.32 Å². The molecule has 0 radical (unpaired) electrons. The molecule has 1 unspecified atom stereocenters. The van der Waals surface area contributed by atoms with Crippen LogP contribution in [0.2, 0.25) is 0 Å². The van der Waals surface area contributed by atoms with Crippen LogP contribution in [0.25, 0.3) is 0 Å². The van der Waals surface area contributed by atoms with E-state index in [9.17, 15) is 4.39 Å². The van der Waals surface area contributed by atoms with Gasteiger partial charge in [-0.1, -0.05) is 25.1 Å². The van der Waals surface area contributed by atoms with Crippen molar-refractivity contribution in [1.82, 2.24) is 20.3 Å². The molecule has 1 aromatic carbocycles. The van der Waals surface area contributed by atoms with Crippen molar-refractivity contribution in [3.8, 4) is 0 Å². The Kier molecular flexibility index (Phi) is 4.84. The van der Waals surface area contributed by atoms with Gasteiger partial charge in [-0.15, -0.1) is 5.10 Å². The second-order valence-electron chi connectivity index (χ2n) is 4.87. The molecule has 20 heavy (non-hydrogen) atoms. The highest BCUT2D eigenvalue weighted by molar-refractivity contribution is 5.34. The van der Waals surface area contributed by atoms with Gasteiger partial charge in [-0.05, 0) is 43.1 Å². The van der Waals surface area contributed by atoms with Gasteiger partial charge in [-0.3, -0.25) is 0 Å². The Bertz CT molecular complexity index is 565. The number of benzene rings is 1. The molecule has 2 aromatic rings. The van der Waals surface area contributed by atoms with Crippen LogP contribution < -0.4 is 5.32 Å². The van der Waals surface area contributed by atoms with Crippen LogP contribution in [0.4, 0.5) is 4.39 Å². The average molecular weight is 276 g/mol. The summed E-state index contributed by atoms with van der Waals surface area (Å²) in [5, 5.41) is 11.5. The second kappa shape index (κ2) is 6.61. The van der Waals surface area contributed by atoms with E-state index in [0.29, 0.717) is 0 Å². The largest absolute Gasteiger partial charge is 0.305 e. The van der Waals surface area contributed by atoms with Crippen LogP contribution in [-0.2, 0) is 6.54 Å². The monoisotopic (exact) mass is 276 g/mol. The Morgan fingerprint density at radius 2 is 2.15 bits per heavy atom. The van der Waals surface area contributed by atoms with Gasteiger partial charge in [-0.25, -0.2) is 9.07 Å². The van der Waals surface area contributed by atoms with Crippen LogP contribution in [0.3, 0.4) is 0 Å². The van der Waals surface area contributed by atoms with Gasteiger partial charge in [0.25, 0.3) is 0 Å². The van der Waals surface area contributed by atoms with E-state index in [1.807, 2.05) is 24.6 Å². The quantitative estimate of drug-likeness (QED) is 0.882. The summed E-state index contributed by atoms with van der Waals surface area (Å²) in [6.07, 6.45) is 2.74. The Morgan fingerprint density at radius 3 is 2.85 bits per heavy atom. The maximum Gasteiger partial charge on any atom is 0.123 e. The number of nitrogens with one attached hydrogen (secondary N) is 1. The van der Waals surface area contributed by atoms with Crippen LogP contribution in [0, 0.1) is 12.7 Å². The van der Waals surface area contributed by atoms with Crippen molar-refractivity contribution in [1.29, 1.82) is 0 Å². The first-order chi connectivity index (χ1) is 9.67. The average Bonchev–Trinajstić information content (AvgIpc) is 2.88. The molecule has 0 saturated heterocycles. The number of aryl methyl sites for hydroxylation is 2. The molecule has 0 saturated carbocycles. The summed E-state index contributed by atoms with van der Waals surface area (Å²) in [5.41, 5.74) is 2.97. The second-order valence-corrected chi connectivity index (χ2v) is 4.87. The van der Waals surface area contributed by atoms with Crippen molar-refractivity contribution in [2.45, 2.75) is 39.8 Å². The molecule has 4 nitrogen and oxygen atoms in total. The molecule has 0 bridgehead atoms. The molecule has 1 heterocycles. The fraction of sp³-hybridized carbons (Fsp3) is 0.467.